The number of carbonyl (C=O) groups excluding carboxylic acids is 4. The summed E-state index contributed by atoms with van der Waals surface area (Å²) in [6.07, 6.45) is 8.68. The number of phenols is 1. The molecule has 4 unspecified atom stereocenters. The molecule has 0 aromatic heterocycles. The number of Topliss-reactive ketones (excluding diaryl/α,β-unsaturated/α-hetero) is 1. The van der Waals surface area contributed by atoms with Crippen LogP contribution in [0.4, 0.5) is 0 Å². The van der Waals surface area contributed by atoms with Gasteiger partial charge in [0.05, 0.1) is 23.4 Å². The van der Waals surface area contributed by atoms with Gasteiger partial charge in [-0.1, -0.05) is 43.0 Å². The third kappa shape index (κ3) is 3.59. The predicted molar refractivity (Wildman–Crippen MR) is 138 cm³/mol. The van der Waals surface area contributed by atoms with E-state index in [1.807, 2.05) is 6.08 Å². The topological polar surface area (TPSA) is 101 Å². The van der Waals surface area contributed by atoms with Gasteiger partial charge in [-0.15, -0.1) is 0 Å². The molecule has 37 heavy (non-hydrogen) atoms. The maximum atomic E-state index is 13.9. The lowest BCUT2D eigenvalue weighted by Crippen LogP contribution is -2.43. The minimum absolute atomic E-state index is 0.0608. The Bertz CT molecular complexity index is 1330. The summed E-state index contributed by atoms with van der Waals surface area (Å²) < 4.78 is 5.52. The molecule has 1 heterocycles. The summed E-state index contributed by atoms with van der Waals surface area (Å²) in [6, 6.07) is 5.03. The zero-order chi connectivity index (χ0) is 26.0. The SMILES string of the molecule is COc1cccc(C2C3=CCC4C(=O)N(C5CCCCC5)C(=O)C4C3CC3=C2C(=O)C=C(Br)C3=O)c1O. The molecule has 8 heteroatoms. The van der Waals surface area contributed by atoms with Gasteiger partial charge in [-0.3, -0.25) is 24.1 Å². The molecule has 4 atom stereocenters. The largest absolute Gasteiger partial charge is 0.504 e. The van der Waals surface area contributed by atoms with Gasteiger partial charge in [-0.05, 0) is 53.6 Å². The second-order valence-corrected chi connectivity index (χ2v) is 11.5. The summed E-state index contributed by atoms with van der Waals surface area (Å²) in [5.74, 6) is -2.83. The number of allylic oxidation sites excluding steroid dienone is 6. The van der Waals surface area contributed by atoms with Gasteiger partial charge in [0, 0.05) is 34.7 Å². The predicted octanol–water partition coefficient (Wildman–Crippen LogP) is 4.50. The zero-order valence-electron chi connectivity index (χ0n) is 20.5. The van der Waals surface area contributed by atoms with E-state index < -0.39 is 23.7 Å². The Kier molecular flexibility index (Phi) is 5.97. The Morgan fingerprint density at radius 3 is 2.51 bits per heavy atom. The Morgan fingerprint density at radius 2 is 1.78 bits per heavy atom. The number of ketones is 2. The summed E-state index contributed by atoms with van der Waals surface area (Å²) >= 11 is 3.24. The molecule has 7 nitrogen and oxygen atoms in total. The van der Waals surface area contributed by atoms with Crippen molar-refractivity contribution in [1.82, 2.24) is 4.90 Å². The van der Waals surface area contributed by atoms with Gasteiger partial charge in [-0.25, -0.2) is 0 Å². The summed E-state index contributed by atoms with van der Waals surface area (Å²) in [4.78, 5) is 55.6. The normalized spacial score (nSPS) is 30.1. The number of carbonyl (C=O) groups is 4. The number of rotatable bonds is 3. The van der Waals surface area contributed by atoms with E-state index in [-0.39, 0.29) is 51.8 Å². The highest BCUT2D eigenvalue weighted by molar-refractivity contribution is 9.12. The summed E-state index contributed by atoms with van der Waals surface area (Å²) in [6.45, 7) is 0. The third-order valence-electron chi connectivity index (χ3n) is 8.87. The van der Waals surface area contributed by atoms with Crippen LogP contribution in [-0.4, -0.2) is 46.5 Å². The fourth-order valence-electron chi connectivity index (χ4n) is 7.22. The first-order valence-corrected chi connectivity index (χ1v) is 13.7. The molecule has 0 spiro atoms. The number of hydrogen-bond acceptors (Lipinski definition) is 6. The molecule has 1 aliphatic heterocycles. The van der Waals surface area contributed by atoms with Crippen LogP contribution in [0.2, 0.25) is 0 Å². The van der Waals surface area contributed by atoms with Crippen LogP contribution in [-0.2, 0) is 19.2 Å². The number of aromatic hydroxyl groups is 1. The minimum Gasteiger partial charge on any atom is -0.504 e. The van der Waals surface area contributed by atoms with E-state index in [1.54, 1.807) is 18.2 Å². The molecule has 1 aromatic rings. The summed E-state index contributed by atoms with van der Waals surface area (Å²) in [5, 5.41) is 11.1. The van der Waals surface area contributed by atoms with Crippen LogP contribution < -0.4 is 4.74 Å². The lowest BCUT2D eigenvalue weighted by Gasteiger charge is -2.42. The molecule has 1 saturated heterocycles. The van der Waals surface area contributed by atoms with Crippen molar-refractivity contribution in [3.63, 3.8) is 0 Å². The average Bonchev–Trinajstić information content (AvgIpc) is 3.16. The number of benzene rings is 1. The van der Waals surface area contributed by atoms with E-state index >= 15 is 0 Å². The van der Waals surface area contributed by atoms with Gasteiger partial charge < -0.3 is 9.84 Å². The number of nitrogens with zero attached hydrogens (tertiary/aromatic N) is 1. The number of amides is 2. The lowest BCUT2D eigenvalue weighted by molar-refractivity contribution is -0.143. The number of hydrogen-bond donors (Lipinski definition) is 1. The van der Waals surface area contributed by atoms with Crippen molar-refractivity contribution in [3.8, 4) is 11.5 Å². The summed E-state index contributed by atoms with van der Waals surface area (Å²) in [5.41, 5.74) is 1.96. The second kappa shape index (κ2) is 9.08. The molecule has 1 aromatic carbocycles. The van der Waals surface area contributed by atoms with Crippen molar-refractivity contribution >= 4 is 39.3 Å². The van der Waals surface area contributed by atoms with Crippen LogP contribution in [0.5, 0.6) is 11.5 Å². The lowest BCUT2D eigenvalue weighted by atomic mass is 9.59. The maximum absolute atomic E-state index is 13.9. The first kappa shape index (κ1) is 24.3. The minimum atomic E-state index is -0.704. The highest BCUT2D eigenvalue weighted by atomic mass is 79.9. The average molecular weight is 566 g/mol. The summed E-state index contributed by atoms with van der Waals surface area (Å²) in [7, 11) is 1.45. The monoisotopic (exact) mass is 565 g/mol. The van der Waals surface area contributed by atoms with E-state index in [9.17, 15) is 24.3 Å². The quantitative estimate of drug-likeness (QED) is 0.329. The van der Waals surface area contributed by atoms with Crippen LogP contribution in [0.3, 0.4) is 0 Å². The van der Waals surface area contributed by atoms with E-state index in [1.165, 1.54) is 18.1 Å². The van der Waals surface area contributed by atoms with Gasteiger partial charge in [-0.2, -0.15) is 0 Å². The van der Waals surface area contributed by atoms with Crippen LogP contribution in [0.15, 0.2) is 51.6 Å². The first-order valence-electron chi connectivity index (χ1n) is 13.0. The van der Waals surface area contributed by atoms with Crippen molar-refractivity contribution in [2.24, 2.45) is 17.8 Å². The highest BCUT2D eigenvalue weighted by Crippen LogP contribution is 2.57. The van der Waals surface area contributed by atoms with Gasteiger partial charge >= 0.3 is 0 Å². The number of halogens is 1. The molecule has 4 aliphatic carbocycles. The van der Waals surface area contributed by atoms with Gasteiger partial charge in [0.25, 0.3) is 0 Å². The molecular formula is C29H28BrNO6. The molecule has 192 valence electrons. The number of imide groups is 1. The highest BCUT2D eigenvalue weighted by Gasteiger charge is 2.57. The number of para-hydroxylation sites is 1. The number of likely N-dealkylation sites (tertiary alicyclic amines) is 1. The van der Waals surface area contributed by atoms with E-state index in [0.717, 1.165) is 37.7 Å². The van der Waals surface area contributed by atoms with E-state index in [4.69, 9.17) is 4.74 Å². The molecular weight excluding hydrogens is 538 g/mol. The second-order valence-electron chi connectivity index (χ2n) is 10.6. The van der Waals surface area contributed by atoms with E-state index in [2.05, 4.69) is 15.9 Å². The smallest absolute Gasteiger partial charge is 0.233 e. The Labute approximate surface area is 223 Å². The van der Waals surface area contributed by atoms with Crippen LogP contribution >= 0.6 is 15.9 Å². The molecule has 0 bridgehead atoms. The molecule has 1 saturated carbocycles. The third-order valence-corrected chi connectivity index (χ3v) is 9.46. The van der Waals surface area contributed by atoms with Gasteiger partial charge in [0.15, 0.2) is 23.1 Å². The number of phenolic OH excluding ortho intramolecular Hbond substituents is 1. The van der Waals surface area contributed by atoms with Crippen molar-refractivity contribution in [2.45, 2.75) is 56.9 Å². The number of ether oxygens (including phenoxy) is 1. The number of fused-ring (bicyclic) bond motifs is 3. The fraction of sp³-hybridized carbons (Fsp3) is 0.448. The van der Waals surface area contributed by atoms with Crippen molar-refractivity contribution in [1.29, 1.82) is 0 Å². The van der Waals surface area contributed by atoms with Gasteiger partial charge in [0.2, 0.25) is 11.8 Å². The van der Waals surface area contributed by atoms with E-state index in [0.29, 0.717) is 23.1 Å². The van der Waals surface area contributed by atoms with Crippen molar-refractivity contribution < 1.29 is 29.0 Å². The number of methoxy groups -OCH3 is 1. The van der Waals surface area contributed by atoms with Crippen LogP contribution in [0.1, 0.15) is 56.4 Å². The van der Waals surface area contributed by atoms with Crippen molar-refractivity contribution in [2.75, 3.05) is 7.11 Å². The molecule has 1 N–H and O–H groups in total. The Balaban J connectivity index is 1.48. The molecule has 5 aliphatic rings. The molecule has 0 radical (unpaired) electrons. The maximum Gasteiger partial charge on any atom is 0.233 e. The van der Waals surface area contributed by atoms with Gasteiger partial charge in [0.1, 0.15) is 0 Å². The Hall–Kier alpha value is -3.00. The first-order chi connectivity index (χ1) is 17.8. The molecule has 2 fully saturated rings. The zero-order valence-corrected chi connectivity index (χ0v) is 22.1. The van der Waals surface area contributed by atoms with Crippen molar-refractivity contribution in [3.05, 3.63) is 57.1 Å². The molecule has 2 amide bonds. The van der Waals surface area contributed by atoms with Crippen LogP contribution in [0, 0.1) is 17.8 Å². The van der Waals surface area contributed by atoms with Crippen LogP contribution in [0.25, 0.3) is 0 Å². The molecule has 6 rings (SSSR count). The fourth-order valence-corrected chi connectivity index (χ4v) is 7.67. The Morgan fingerprint density at radius 1 is 1.03 bits per heavy atom. The standard InChI is InChI=1S/C29H28BrNO6/c1-37-22-9-5-8-16(27(22)34)23-15-10-11-17-24(29(36)31(28(17)35)14-6-3-2-4-7-14)18(15)12-19-25(23)21(32)13-20(30)26(19)33/h5,8-10,13-14,17-18,23-24,34H,2-4,6-7,11-12H2,1H3.